The Bertz CT molecular complexity index is 1010. The lowest BCUT2D eigenvalue weighted by atomic mass is 10.1. The van der Waals surface area contributed by atoms with Gasteiger partial charge in [-0.25, -0.2) is 4.68 Å². The van der Waals surface area contributed by atoms with E-state index in [1.807, 2.05) is 18.2 Å². The summed E-state index contributed by atoms with van der Waals surface area (Å²) >= 11 is 0. The van der Waals surface area contributed by atoms with Crippen LogP contribution >= 0.6 is 0 Å². The molecule has 0 bridgehead atoms. The van der Waals surface area contributed by atoms with Crippen LogP contribution in [0, 0.1) is 11.3 Å². The number of benzene rings is 2. The fourth-order valence-corrected chi connectivity index (χ4v) is 3.35. The number of anilines is 1. The van der Waals surface area contributed by atoms with Crippen molar-refractivity contribution in [2.75, 3.05) is 5.73 Å². The zero-order valence-corrected chi connectivity index (χ0v) is 14.0. The molecule has 6 nitrogen and oxygen atoms in total. The molecule has 128 valence electrons. The van der Waals surface area contributed by atoms with E-state index in [1.165, 1.54) is 22.0 Å². The number of hydrogen-bond donors (Lipinski definition) is 2. The molecule has 1 aromatic heterocycles. The number of carbonyl (C=O) groups is 1. The molecule has 0 fully saturated rings. The fourth-order valence-electron chi connectivity index (χ4n) is 3.35. The summed E-state index contributed by atoms with van der Waals surface area (Å²) in [4.78, 5) is 12.6. The Morgan fingerprint density at radius 1 is 1.23 bits per heavy atom. The Morgan fingerprint density at radius 2 is 2.00 bits per heavy atom. The van der Waals surface area contributed by atoms with E-state index in [-0.39, 0.29) is 17.8 Å². The van der Waals surface area contributed by atoms with Crippen molar-refractivity contribution in [3.63, 3.8) is 0 Å². The number of fused-ring (bicyclic) bond motifs is 1. The maximum absolute atomic E-state index is 12.6. The van der Waals surface area contributed by atoms with Gasteiger partial charge in [0.15, 0.2) is 0 Å². The van der Waals surface area contributed by atoms with Crippen molar-refractivity contribution in [2.45, 2.75) is 18.9 Å². The summed E-state index contributed by atoms with van der Waals surface area (Å²) in [5, 5.41) is 16.2. The molecule has 0 spiro atoms. The molecule has 1 aliphatic carbocycles. The highest BCUT2D eigenvalue weighted by Crippen LogP contribution is 2.31. The minimum Gasteiger partial charge on any atom is -0.382 e. The van der Waals surface area contributed by atoms with Crippen LogP contribution in [0.5, 0.6) is 0 Å². The molecule has 26 heavy (non-hydrogen) atoms. The summed E-state index contributed by atoms with van der Waals surface area (Å²) in [5.41, 5.74) is 10.00. The number of nitriles is 1. The number of nitrogens with zero attached hydrogens (tertiary/aromatic N) is 3. The Morgan fingerprint density at radius 3 is 2.73 bits per heavy atom. The van der Waals surface area contributed by atoms with Crippen LogP contribution in [0.3, 0.4) is 0 Å². The molecule has 6 heteroatoms. The predicted molar refractivity (Wildman–Crippen MR) is 97.7 cm³/mol. The van der Waals surface area contributed by atoms with Crippen molar-refractivity contribution in [2.24, 2.45) is 0 Å². The average Bonchev–Trinajstić information content (AvgIpc) is 3.25. The topological polar surface area (TPSA) is 96.7 Å². The monoisotopic (exact) mass is 343 g/mol. The molecule has 3 aromatic rings. The molecule has 1 heterocycles. The van der Waals surface area contributed by atoms with Crippen molar-refractivity contribution in [1.29, 1.82) is 5.26 Å². The predicted octanol–water partition coefficient (Wildman–Crippen LogP) is 2.74. The maximum Gasteiger partial charge on any atom is 0.251 e. The second-order valence-corrected chi connectivity index (χ2v) is 6.28. The second-order valence-electron chi connectivity index (χ2n) is 6.28. The minimum atomic E-state index is -0.107. The van der Waals surface area contributed by atoms with Gasteiger partial charge in [-0.2, -0.15) is 10.4 Å². The van der Waals surface area contributed by atoms with Crippen molar-refractivity contribution in [3.05, 3.63) is 77.0 Å². The van der Waals surface area contributed by atoms with Gasteiger partial charge >= 0.3 is 0 Å². The lowest BCUT2D eigenvalue weighted by Crippen LogP contribution is -2.27. The quantitative estimate of drug-likeness (QED) is 0.764. The normalized spacial score (nSPS) is 15.3. The van der Waals surface area contributed by atoms with E-state index in [9.17, 15) is 4.79 Å². The molecule has 2 aromatic carbocycles. The smallest absolute Gasteiger partial charge is 0.251 e. The van der Waals surface area contributed by atoms with Gasteiger partial charge in [0, 0.05) is 5.56 Å². The van der Waals surface area contributed by atoms with Gasteiger partial charge in [0.2, 0.25) is 0 Å². The zero-order valence-electron chi connectivity index (χ0n) is 14.0. The highest BCUT2D eigenvalue weighted by molar-refractivity contribution is 5.94. The average molecular weight is 343 g/mol. The van der Waals surface area contributed by atoms with Crippen LogP contribution < -0.4 is 11.1 Å². The van der Waals surface area contributed by atoms with Crippen LogP contribution in [0.4, 0.5) is 5.82 Å². The molecule has 1 aliphatic rings. The Hall–Kier alpha value is -3.59. The van der Waals surface area contributed by atoms with Gasteiger partial charge in [-0.05, 0) is 48.2 Å². The summed E-state index contributed by atoms with van der Waals surface area (Å²) in [7, 11) is 0. The van der Waals surface area contributed by atoms with Gasteiger partial charge < -0.3 is 11.1 Å². The first-order chi connectivity index (χ1) is 12.7. The largest absolute Gasteiger partial charge is 0.382 e. The van der Waals surface area contributed by atoms with E-state index >= 15 is 0 Å². The van der Waals surface area contributed by atoms with E-state index in [4.69, 9.17) is 11.0 Å². The van der Waals surface area contributed by atoms with E-state index < -0.39 is 0 Å². The zero-order chi connectivity index (χ0) is 18.1. The Kier molecular flexibility index (Phi) is 3.90. The third-order valence-electron chi connectivity index (χ3n) is 4.74. The van der Waals surface area contributed by atoms with Crippen molar-refractivity contribution in [1.82, 2.24) is 15.1 Å². The highest BCUT2D eigenvalue weighted by atomic mass is 16.1. The van der Waals surface area contributed by atoms with Gasteiger partial charge in [-0.3, -0.25) is 4.79 Å². The van der Waals surface area contributed by atoms with Crippen molar-refractivity contribution in [3.8, 4) is 11.8 Å². The van der Waals surface area contributed by atoms with Crippen LogP contribution in [0.25, 0.3) is 5.69 Å². The molecule has 1 unspecified atom stereocenters. The summed E-state index contributed by atoms with van der Waals surface area (Å²) in [5.74, 6) is 0.177. The number of rotatable bonds is 3. The third-order valence-corrected chi connectivity index (χ3v) is 4.74. The molecule has 0 saturated carbocycles. The lowest BCUT2D eigenvalue weighted by Gasteiger charge is -2.14. The summed E-state index contributed by atoms with van der Waals surface area (Å²) < 4.78 is 1.48. The van der Waals surface area contributed by atoms with Crippen LogP contribution in [0.1, 0.15) is 39.5 Å². The number of nitrogens with one attached hydrogen (secondary N) is 1. The van der Waals surface area contributed by atoms with E-state index in [1.54, 1.807) is 24.3 Å². The molecular weight excluding hydrogens is 326 g/mol. The van der Waals surface area contributed by atoms with Gasteiger partial charge in [-0.15, -0.1) is 0 Å². The van der Waals surface area contributed by atoms with Gasteiger partial charge in [0.05, 0.1) is 17.9 Å². The highest BCUT2D eigenvalue weighted by Gasteiger charge is 2.23. The number of amides is 1. The van der Waals surface area contributed by atoms with Crippen LogP contribution in [-0.2, 0) is 6.42 Å². The van der Waals surface area contributed by atoms with E-state index in [0.29, 0.717) is 16.8 Å². The van der Waals surface area contributed by atoms with Crippen LogP contribution in [0.15, 0.2) is 54.7 Å². The van der Waals surface area contributed by atoms with Crippen LogP contribution in [0.2, 0.25) is 0 Å². The van der Waals surface area contributed by atoms with Crippen LogP contribution in [-0.4, -0.2) is 15.7 Å². The molecule has 1 amide bonds. The summed E-state index contributed by atoms with van der Waals surface area (Å²) in [6.07, 6.45) is 3.33. The SMILES string of the molecule is N#Cc1cnn(-c2ccc(C(=O)NC3CCc4ccccc43)cc2)c1N. The lowest BCUT2D eigenvalue weighted by molar-refractivity contribution is 0.0936. The van der Waals surface area contributed by atoms with E-state index in [2.05, 4.69) is 22.5 Å². The molecule has 0 saturated heterocycles. The first-order valence-electron chi connectivity index (χ1n) is 8.40. The second kappa shape index (κ2) is 6.37. The number of nitrogen functional groups attached to an aromatic ring is 1. The number of aromatic nitrogens is 2. The molecular formula is C20H17N5O. The van der Waals surface area contributed by atoms with Gasteiger partial charge in [-0.1, -0.05) is 24.3 Å². The maximum atomic E-state index is 12.6. The summed E-state index contributed by atoms with van der Waals surface area (Å²) in [6, 6.07) is 17.3. The van der Waals surface area contributed by atoms with Crippen molar-refractivity contribution < 1.29 is 4.79 Å². The Balaban J connectivity index is 1.51. The molecule has 3 N–H and O–H groups in total. The third kappa shape index (κ3) is 2.70. The molecule has 0 radical (unpaired) electrons. The standard InChI is InChI=1S/C20H17N5O/c21-11-15-12-23-25(19(15)22)16-8-5-14(6-9-16)20(26)24-18-10-7-13-3-1-2-4-17(13)18/h1-6,8-9,12,18H,7,10,22H2,(H,24,26). The van der Waals surface area contributed by atoms with Gasteiger partial charge in [0.1, 0.15) is 17.5 Å². The molecule has 1 atom stereocenters. The Labute approximate surface area is 150 Å². The van der Waals surface area contributed by atoms with E-state index in [0.717, 1.165) is 12.8 Å². The number of nitrogens with two attached hydrogens (primary N) is 1. The first-order valence-corrected chi connectivity index (χ1v) is 8.40. The summed E-state index contributed by atoms with van der Waals surface area (Å²) in [6.45, 7) is 0. The van der Waals surface area contributed by atoms with Crippen molar-refractivity contribution >= 4 is 11.7 Å². The number of hydrogen-bond acceptors (Lipinski definition) is 4. The minimum absolute atomic E-state index is 0.0540. The molecule has 4 rings (SSSR count). The fraction of sp³-hybridized carbons (Fsp3) is 0.150. The number of aryl methyl sites for hydroxylation is 1. The molecule has 0 aliphatic heterocycles. The number of carbonyl (C=O) groups excluding carboxylic acids is 1. The first kappa shape index (κ1) is 15.9. The van der Waals surface area contributed by atoms with Gasteiger partial charge in [0.25, 0.3) is 5.91 Å².